The number of rotatable bonds is 4. The van der Waals surface area contributed by atoms with Gasteiger partial charge in [0.15, 0.2) is 0 Å². The molecule has 3 heteroatoms. The lowest BCUT2D eigenvalue weighted by atomic mass is 10.2. The van der Waals surface area contributed by atoms with Crippen LogP contribution in [0.4, 0.5) is 0 Å². The van der Waals surface area contributed by atoms with Crippen LogP contribution in [0.3, 0.4) is 0 Å². The molecule has 1 atom stereocenters. The molecular weight excluding hydrogens is 164 g/mol. The van der Waals surface area contributed by atoms with E-state index in [2.05, 4.69) is 11.4 Å². The molecule has 0 radical (unpaired) electrons. The molecule has 1 aromatic heterocycles. The van der Waals surface area contributed by atoms with Crippen molar-refractivity contribution in [3.8, 4) is 6.07 Å². The first-order chi connectivity index (χ1) is 6.24. The molecule has 13 heavy (non-hydrogen) atoms. The first-order valence-corrected chi connectivity index (χ1v) is 4.37. The van der Waals surface area contributed by atoms with Crippen LogP contribution in [-0.4, -0.2) is 6.04 Å². The standard InChI is InChI=1S/C10H14N2O/c1-8-4-6-13-10(8)7-12-9(2)3-5-11/h4,6,9,12H,3,7H2,1-2H3. The Bertz CT molecular complexity index is 298. The minimum atomic E-state index is 0.217. The van der Waals surface area contributed by atoms with E-state index in [0.717, 1.165) is 11.3 Å². The third-order valence-corrected chi connectivity index (χ3v) is 1.98. The number of hydrogen-bond acceptors (Lipinski definition) is 3. The molecule has 0 amide bonds. The summed E-state index contributed by atoms with van der Waals surface area (Å²) in [5, 5.41) is 11.6. The topological polar surface area (TPSA) is 49.0 Å². The Morgan fingerprint density at radius 2 is 2.46 bits per heavy atom. The third kappa shape index (κ3) is 2.92. The highest BCUT2D eigenvalue weighted by Gasteiger charge is 2.04. The SMILES string of the molecule is Cc1ccoc1CNC(C)CC#N. The lowest BCUT2D eigenvalue weighted by molar-refractivity contribution is 0.454. The van der Waals surface area contributed by atoms with Gasteiger partial charge >= 0.3 is 0 Å². The lowest BCUT2D eigenvalue weighted by Gasteiger charge is -2.08. The van der Waals surface area contributed by atoms with E-state index in [4.69, 9.17) is 9.68 Å². The number of hydrogen-bond donors (Lipinski definition) is 1. The van der Waals surface area contributed by atoms with Crippen molar-refractivity contribution in [2.75, 3.05) is 0 Å². The summed E-state index contributed by atoms with van der Waals surface area (Å²) in [6.45, 7) is 4.69. The summed E-state index contributed by atoms with van der Waals surface area (Å²) >= 11 is 0. The van der Waals surface area contributed by atoms with Crippen LogP contribution < -0.4 is 5.32 Å². The van der Waals surface area contributed by atoms with Crippen molar-refractivity contribution < 1.29 is 4.42 Å². The molecule has 1 rings (SSSR count). The molecule has 3 nitrogen and oxygen atoms in total. The van der Waals surface area contributed by atoms with Crippen molar-refractivity contribution in [2.24, 2.45) is 0 Å². The Hall–Kier alpha value is -1.27. The normalized spacial score (nSPS) is 12.4. The summed E-state index contributed by atoms with van der Waals surface area (Å²) in [6.07, 6.45) is 2.21. The smallest absolute Gasteiger partial charge is 0.120 e. The predicted molar refractivity (Wildman–Crippen MR) is 50.0 cm³/mol. The van der Waals surface area contributed by atoms with Crippen LogP contribution in [0.5, 0.6) is 0 Å². The van der Waals surface area contributed by atoms with Crippen molar-refractivity contribution in [1.82, 2.24) is 5.32 Å². The Labute approximate surface area is 78.4 Å². The Balaban J connectivity index is 2.36. The van der Waals surface area contributed by atoms with Gasteiger partial charge in [-0.2, -0.15) is 5.26 Å². The Morgan fingerprint density at radius 1 is 1.69 bits per heavy atom. The zero-order chi connectivity index (χ0) is 9.68. The second-order valence-electron chi connectivity index (χ2n) is 3.17. The van der Waals surface area contributed by atoms with Gasteiger partial charge in [-0.1, -0.05) is 0 Å². The highest BCUT2D eigenvalue weighted by molar-refractivity contribution is 5.14. The Morgan fingerprint density at radius 3 is 3.00 bits per heavy atom. The molecule has 1 heterocycles. The van der Waals surface area contributed by atoms with Crippen molar-refractivity contribution >= 4 is 0 Å². The number of nitriles is 1. The molecule has 0 fully saturated rings. The van der Waals surface area contributed by atoms with E-state index in [-0.39, 0.29) is 6.04 Å². The number of nitrogens with one attached hydrogen (secondary N) is 1. The van der Waals surface area contributed by atoms with Crippen LogP contribution >= 0.6 is 0 Å². The van der Waals surface area contributed by atoms with E-state index >= 15 is 0 Å². The second-order valence-corrected chi connectivity index (χ2v) is 3.17. The molecule has 0 spiro atoms. The fourth-order valence-corrected chi connectivity index (χ4v) is 1.06. The molecule has 0 aromatic carbocycles. The first-order valence-electron chi connectivity index (χ1n) is 4.37. The maximum absolute atomic E-state index is 8.44. The lowest BCUT2D eigenvalue weighted by Crippen LogP contribution is -2.24. The largest absolute Gasteiger partial charge is 0.468 e. The summed E-state index contributed by atoms with van der Waals surface area (Å²) in [5.74, 6) is 0.949. The zero-order valence-electron chi connectivity index (χ0n) is 8.00. The summed E-state index contributed by atoms with van der Waals surface area (Å²) in [7, 11) is 0. The second kappa shape index (κ2) is 4.68. The van der Waals surface area contributed by atoms with Crippen LogP contribution in [0.25, 0.3) is 0 Å². The van der Waals surface area contributed by atoms with Gasteiger partial charge in [-0.05, 0) is 25.5 Å². The molecular formula is C10H14N2O. The fourth-order valence-electron chi connectivity index (χ4n) is 1.06. The van der Waals surface area contributed by atoms with E-state index < -0.39 is 0 Å². The molecule has 70 valence electrons. The van der Waals surface area contributed by atoms with E-state index in [1.54, 1.807) is 6.26 Å². The minimum absolute atomic E-state index is 0.217. The van der Waals surface area contributed by atoms with Gasteiger partial charge in [0, 0.05) is 6.04 Å². The van der Waals surface area contributed by atoms with Crippen molar-refractivity contribution in [3.63, 3.8) is 0 Å². The van der Waals surface area contributed by atoms with Crippen LogP contribution in [0.1, 0.15) is 24.7 Å². The van der Waals surface area contributed by atoms with Gasteiger partial charge in [0.05, 0.1) is 25.3 Å². The third-order valence-electron chi connectivity index (χ3n) is 1.98. The molecule has 1 N–H and O–H groups in total. The molecule has 1 unspecified atom stereocenters. The number of nitrogens with zero attached hydrogens (tertiary/aromatic N) is 1. The van der Waals surface area contributed by atoms with Crippen molar-refractivity contribution in [2.45, 2.75) is 32.9 Å². The molecule has 0 aliphatic heterocycles. The molecule has 0 saturated heterocycles. The van der Waals surface area contributed by atoms with Gasteiger partial charge in [-0.15, -0.1) is 0 Å². The van der Waals surface area contributed by atoms with Crippen molar-refractivity contribution in [3.05, 3.63) is 23.7 Å². The number of aryl methyl sites for hydroxylation is 1. The van der Waals surface area contributed by atoms with Gasteiger partial charge in [0.1, 0.15) is 5.76 Å². The summed E-state index contributed by atoms with van der Waals surface area (Å²) in [4.78, 5) is 0. The minimum Gasteiger partial charge on any atom is -0.468 e. The van der Waals surface area contributed by atoms with Crippen molar-refractivity contribution in [1.29, 1.82) is 5.26 Å². The van der Waals surface area contributed by atoms with Gasteiger partial charge in [-0.3, -0.25) is 0 Å². The summed E-state index contributed by atoms with van der Waals surface area (Å²) < 4.78 is 5.25. The fraction of sp³-hybridized carbons (Fsp3) is 0.500. The van der Waals surface area contributed by atoms with E-state index in [0.29, 0.717) is 13.0 Å². The van der Waals surface area contributed by atoms with Gasteiger partial charge in [-0.25, -0.2) is 0 Å². The average molecular weight is 178 g/mol. The van der Waals surface area contributed by atoms with Gasteiger partial charge in [0.25, 0.3) is 0 Å². The maximum atomic E-state index is 8.44. The molecule has 1 aromatic rings. The summed E-state index contributed by atoms with van der Waals surface area (Å²) in [6, 6.07) is 4.27. The Kier molecular flexibility index (Phi) is 3.53. The average Bonchev–Trinajstić information content (AvgIpc) is 2.48. The monoisotopic (exact) mass is 178 g/mol. The van der Waals surface area contributed by atoms with Gasteiger partial charge in [0.2, 0.25) is 0 Å². The van der Waals surface area contributed by atoms with E-state index in [1.165, 1.54) is 0 Å². The van der Waals surface area contributed by atoms with E-state index in [1.807, 2.05) is 19.9 Å². The van der Waals surface area contributed by atoms with Gasteiger partial charge < -0.3 is 9.73 Å². The predicted octanol–water partition coefficient (Wildman–Crippen LogP) is 1.98. The molecule has 0 saturated carbocycles. The zero-order valence-corrected chi connectivity index (χ0v) is 8.00. The van der Waals surface area contributed by atoms with E-state index in [9.17, 15) is 0 Å². The van der Waals surface area contributed by atoms with Crippen LogP contribution in [0.2, 0.25) is 0 Å². The molecule has 0 aliphatic rings. The quantitative estimate of drug-likeness (QED) is 0.766. The molecule has 0 bridgehead atoms. The van der Waals surface area contributed by atoms with Crippen LogP contribution in [-0.2, 0) is 6.54 Å². The first kappa shape index (κ1) is 9.82. The molecule has 0 aliphatic carbocycles. The highest BCUT2D eigenvalue weighted by atomic mass is 16.3. The maximum Gasteiger partial charge on any atom is 0.120 e. The van der Waals surface area contributed by atoms with Crippen LogP contribution in [0, 0.1) is 18.3 Å². The summed E-state index contributed by atoms with van der Waals surface area (Å²) in [5.41, 5.74) is 1.15. The van der Waals surface area contributed by atoms with Crippen LogP contribution in [0.15, 0.2) is 16.7 Å². The highest BCUT2D eigenvalue weighted by Crippen LogP contribution is 2.08. The number of furan rings is 1.